The summed E-state index contributed by atoms with van der Waals surface area (Å²) in [4.78, 5) is 37.7. The molecular formula is C19H10NO4-. The quantitative estimate of drug-likeness (QED) is 0.678. The lowest BCUT2D eigenvalue weighted by Gasteiger charge is -2.19. The van der Waals surface area contributed by atoms with Crippen molar-refractivity contribution >= 4 is 34.2 Å². The van der Waals surface area contributed by atoms with Crippen LogP contribution in [0.1, 0.15) is 31.1 Å². The van der Waals surface area contributed by atoms with Gasteiger partial charge < -0.3 is 9.90 Å². The standard InChI is InChI=1S/C19H11NO4/c21-17-13-7-3-4-8-14(13)18(22)20(17)16-10-12-6-2-1-5-11(12)9-15(16)19(23)24/h1-10H,(H,23,24)/p-1. The SMILES string of the molecule is O=C([O-])c1cc2ccccc2cc1N1C(=O)c2ccccc2C1=O. The number of hydrogen-bond acceptors (Lipinski definition) is 4. The van der Waals surface area contributed by atoms with Crippen molar-refractivity contribution in [1.82, 2.24) is 0 Å². The second-order valence-corrected chi connectivity index (χ2v) is 5.50. The summed E-state index contributed by atoms with van der Waals surface area (Å²) in [6.45, 7) is 0. The number of benzene rings is 3. The molecule has 0 unspecified atom stereocenters. The van der Waals surface area contributed by atoms with Gasteiger partial charge in [-0.1, -0.05) is 36.4 Å². The Morgan fingerprint density at radius 1 is 0.792 bits per heavy atom. The molecule has 0 atom stereocenters. The first-order valence-corrected chi connectivity index (χ1v) is 7.30. The summed E-state index contributed by atoms with van der Waals surface area (Å²) in [5.74, 6) is -2.51. The van der Waals surface area contributed by atoms with E-state index in [0.29, 0.717) is 5.39 Å². The fraction of sp³-hybridized carbons (Fsp3) is 0. The van der Waals surface area contributed by atoms with E-state index in [1.807, 2.05) is 0 Å². The largest absolute Gasteiger partial charge is 0.545 e. The van der Waals surface area contributed by atoms with E-state index in [4.69, 9.17) is 0 Å². The minimum absolute atomic E-state index is 0.0277. The van der Waals surface area contributed by atoms with Gasteiger partial charge >= 0.3 is 0 Å². The molecule has 0 aliphatic carbocycles. The first-order valence-electron chi connectivity index (χ1n) is 7.30. The molecule has 24 heavy (non-hydrogen) atoms. The molecular weight excluding hydrogens is 306 g/mol. The molecule has 0 fully saturated rings. The second-order valence-electron chi connectivity index (χ2n) is 5.50. The Bertz CT molecular complexity index is 1000. The maximum atomic E-state index is 12.6. The summed E-state index contributed by atoms with van der Waals surface area (Å²) in [5, 5.41) is 13.0. The zero-order chi connectivity index (χ0) is 16.8. The summed E-state index contributed by atoms with van der Waals surface area (Å²) in [6, 6.07) is 16.5. The van der Waals surface area contributed by atoms with Crippen LogP contribution in [0.15, 0.2) is 60.7 Å². The minimum Gasteiger partial charge on any atom is -0.545 e. The van der Waals surface area contributed by atoms with E-state index in [0.717, 1.165) is 10.3 Å². The normalized spacial score (nSPS) is 13.4. The zero-order valence-corrected chi connectivity index (χ0v) is 12.4. The van der Waals surface area contributed by atoms with Crippen molar-refractivity contribution < 1.29 is 19.5 Å². The van der Waals surface area contributed by atoms with Crippen LogP contribution in [0.5, 0.6) is 0 Å². The van der Waals surface area contributed by atoms with Gasteiger partial charge in [0.25, 0.3) is 11.8 Å². The Labute approximate surface area is 136 Å². The monoisotopic (exact) mass is 316 g/mol. The molecule has 0 bridgehead atoms. The van der Waals surface area contributed by atoms with E-state index in [9.17, 15) is 19.5 Å². The van der Waals surface area contributed by atoms with Crippen LogP contribution in [0.25, 0.3) is 10.8 Å². The lowest BCUT2D eigenvalue weighted by molar-refractivity contribution is -0.254. The third-order valence-electron chi connectivity index (χ3n) is 4.12. The Morgan fingerprint density at radius 2 is 1.29 bits per heavy atom. The minimum atomic E-state index is -1.44. The van der Waals surface area contributed by atoms with Crippen LogP contribution in [-0.2, 0) is 0 Å². The summed E-state index contributed by atoms with van der Waals surface area (Å²) < 4.78 is 0. The van der Waals surface area contributed by atoms with Crippen LogP contribution in [-0.4, -0.2) is 17.8 Å². The predicted octanol–water partition coefficient (Wildman–Crippen LogP) is 2.00. The molecule has 0 saturated heterocycles. The van der Waals surface area contributed by atoms with Gasteiger partial charge in [0.2, 0.25) is 0 Å². The van der Waals surface area contributed by atoms with E-state index >= 15 is 0 Å². The number of carbonyl (C=O) groups excluding carboxylic acids is 3. The highest BCUT2D eigenvalue weighted by Gasteiger charge is 2.37. The number of imide groups is 1. The average molecular weight is 316 g/mol. The van der Waals surface area contributed by atoms with Crippen LogP contribution in [0, 0.1) is 0 Å². The van der Waals surface area contributed by atoms with Crippen molar-refractivity contribution in [3.63, 3.8) is 0 Å². The Balaban J connectivity index is 1.97. The molecule has 4 rings (SSSR count). The van der Waals surface area contributed by atoms with Crippen molar-refractivity contribution in [3.05, 3.63) is 77.4 Å². The van der Waals surface area contributed by atoms with Crippen molar-refractivity contribution in [2.24, 2.45) is 0 Å². The maximum absolute atomic E-state index is 12.6. The van der Waals surface area contributed by atoms with Crippen molar-refractivity contribution in [3.8, 4) is 0 Å². The first kappa shape index (κ1) is 14.1. The second kappa shape index (κ2) is 5.03. The van der Waals surface area contributed by atoms with Crippen LogP contribution in [0.4, 0.5) is 5.69 Å². The van der Waals surface area contributed by atoms with Crippen LogP contribution < -0.4 is 10.0 Å². The molecule has 0 aromatic heterocycles. The summed E-state index contributed by atoms with van der Waals surface area (Å²) >= 11 is 0. The fourth-order valence-corrected chi connectivity index (χ4v) is 2.98. The van der Waals surface area contributed by atoms with Gasteiger partial charge in [-0.25, -0.2) is 4.90 Å². The molecule has 0 saturated carbocycles. The highest BCUT2D eigenvalue weighted by molar-refractivity contribution is 6.35. The first-order chi connectivity index (χ1) is 11.6. The van der Waals surface area contributed by atoms with Crippen molar-refractivity contribution in [2.75, 3.05) is 4.90 Å². The van der Waals surface area contributed by atoms with E-state index in [1.54, 1.807) is 48.5 Å². The van der Waals surface area contributed by atoms with E-state index in [2.05, 4.69) is 0 Å². The Hall–Kier alpha value is -3.47. The van der Waals surface area contributed by atoms with Crippen LogP contribution >= 0.6 is 0 Å². The smallest absolute Gasteiger partial charge is 0.266 e. The van der Waals surface area contributed by atoms with Gasteiger partial charge in [0.15, 0.2) is 0 Å². The molecule has 3 aromatic rings. The van der Waals surface area contributed by atoms with Crippen molar-refractivity contribution in [2.45, 2.75) is 0 Å². The molecule has 5 nitrogen and oxygen atoms in total. The number of anilines is 1. The Morgan fingerprint density at radius 3 is 1.83 bits per heavy atom. The average Bonchev–Trinajstić information content (AvgIpc) is 2.85. The molecule has 0 spiro atoms. The van der Waals surface area contributed by atoms with Crippen LogP contribution in [0.3, 0.4) is 0 Å². The predicted molar refractivity (Wildman–Crippen MR) is 85.9 cm³/mol. The van der Waals surface area contributed by atoms with E-state index < -0.39 is 17.8 Å². The lowest BCUT2D eigenvalue weighted by Crippen LogP contribution is -2.33. The van der Waals surface area contributed by atoms with E-state index in [-0.39, 0.29) is 22.4 Å². The molecule has 0 radical (unpaired) electrons. The molecule has 3 aromatic carbocycles. The number of rotatable bonds is 2. The number of carboxylic acids is 1. The number of nitrogens with zero attached hydrogens (tertiary/aromatic N) is 1. The van der Waals surface area contributed by atoms with E-state index in [1.165, 1.54) is 12.1 Å². The number of hydrogen-bond donors (Lipinski definition) is 0. The molecule has 0 N–H and O–H groups in total. The highest BCUT2D eigenvalue weighted by atomic mass is 16.4. The van der Waals surface area contributed by atoms with Gasteiger partial charge in [0.1, 0.15) is 0 Å². The third-order valence-corrected chi connectivity index (χ3v) is 4.12. The Kier molecular flexibility index (Phi) is 2.96. The molecule has 1 aliphatic rings. The van der Waals surface area contributed by atoms with Gasteiger partial charge in [-0.05, 0) is 35.0 Å². The zero-order valence-electron chi connectivity index (χ0n) is 12.4. The van der Waals surface area contributed by atoms with Crippen molar-refractivity contribution in [1.29, 1.82) is 0 Å². The molecule has 1 heterocycles. The number of amides is 2. The van der Waals surface area contributed by atoms with Gasteiger partial charge in [0, 0.05) is 5.56 Å². The highest BCUT2D eigenvalue weighted by Crippen LogP contribution is 2.33. The molecule has 2 amide bonds. The van der Waals surface area contributed by atoms with Gasteiger partial charge in [-0.15, -0.1) is 0 Å². The molecule has 1 aliphatic heterocycles. The van der Waals surface area contributed by atoms with Gasteiger partial charge in [0.05, 0.1) is 22.8 Å². The third kappa shape index (κ3) is 1.91. The van der Waals surface area contributed by atoms with Gasteiger partial charge in [-0.2, -0.15) is 0 Å². The maximum Gasteiger partial charge on any atom is 0.266 e. The van der Waals surface area contributed by atoms with Crippen LogP contribution in [0.2, 0.25) is 0 Å². The molecule has 5 heteroatoms. The summed E-state index contributed by atoms with van der Waals surface area (Å²) in [5.41, 5.74) is 0.364. The number of carbonyl (C=O) groups is 3. The number of fused-ring (bicyclic) bond motifs is 2. The topological polar surface area (TPSA) is 77.5 Å². The van der Waals surface area contributed by atoms with Gasteiger partial charge in [-0.3, -0.25) is 9.59 Å². The number of aromatic carboxylic acids is 1. The summed E-state index contributed by atoms with van der Waals surface area (Å²) in [6.07, 6.45) is 0. The molecule has 116 valence electrons. The fourth-order valence-electron chi connectivity index (χ4n) is 2.98. The summed E-state index contributed by atoms with van der Waals surface area (Å²) in [7, 11) is 0. The number of carboxylic acid groups (broad SMARTS) is 1. The lowest BCUT2D eigenvalue weighted by atomic mass is 10.0.